The number of carbonyl (C=O) groups excluding carboxylic acids is 1. The quantitative estimate of drug-likeness (QED) is 0.649. The third-order valence-corrected chi connectivity index (χ3v) is 5.16. The van der Waals surface area contributed by atoms with E-state index >= 15 is 0 Å². The lowest BCUT2D eigenvalue weighted by Crippen LogP contribution is -2.19. The number of hydrogen-bond donors (Lipinski definition) is 1. The largest absolute Gasteiger partial charge is 0.387 e. The van der Waals surface area contributed by atoms with Gasteiger partial charge in [-0.05, 0) is 35.7 Å². The van der Waals surface area contributed by atoms with E-state index in [2.05, 4.69) is 0 Å². The first kappa shape index (κ1) is 17.5. The minimum atomic E-state index is -0.882. The van der Waals surface area contributed by atoms with Crippen LogP contribution in [-0.2, 0) is 4.79 Å². The van der Waals surface area contributed by atoms with E-state index in [1.165, 1.54) is 11.8 Å². The molecule has 3 aromatic rings. The van der Waals surface area contributed by atoms with Crippen molar-refractivity contribution in [2.75, 3.05) is 0 Å². The van der Waals surface area contributed by atoms with Gasteiger partial charge >= 0.3 is 0 Å². The first-order valence-electron chi connectivity index (χ1n) is 8.22. The van der Waals surface area contributed by atoms with Crippen molar-refractivity contribution < 1.29 is 9.90 Å². The van der Waals surface area contributed by atoms with Gasteiger partial charge in [-0.3, -0.25) is 4.79 Å². The highest BCUT2D eigenvalue weighted by atomic mass is 32.2. The summed E-state index contributed by atoms with van der Waals surface area (Å²) in [7, 11) is 0. The predicted octanol–water partition coefficient (Wildman–Crippen LogP) is 5.13. The molecule has 0 unspecified atom stereocenters. The van der Waals surface area contributed by atoms with Crippen LogP contribution in [0.1, 0.15) is 28.7 Å². The average molecular weight is 348 g/mol. The first-order valence-corrected chi connectivity index (χ1v) is 9.04. The molecule has 0 aliphatic carbocycles. The van der Waals surface area contributed by atoms with E-state index in [0.29, 0.717) is 0 Å². The van der Waals surface area contributed by atoms with Crippen molar-refractivity contribution in [3.8, 4) is 0 Å². The third-order valence-electron chi connectivity index (χ3n) is 4.20. The maximum absolute atomic E-state index is 13.0. The average Bonchev–Trinajstić information content (AvgIpc) is 2.64. The molecule has 0 spiro atoms. The summed E-state index contributed by atoms with van der Waals surface area (Å²) in [6.45, 7) is 1.95. The van der Waals surface area contributed by atoms with Crippen LogP contribution in [-0.4, -0.2) is 10.2 Å². The van der Waals surface area contributed by atoms with E-state index in [1.807, 2.05) is 91.9 Å². The molecule has 25 heavy (non-hydrogen) atoms. The van der Waals surface area contributed by atoms with E-state index in [9.17, 15) is 9.90 Å². The Hall–Kier alpha value is -2.36. The van der Waals surface area contributed by atoms with Crippen molar-refractivity contribution in [3.63, 3.8) is 0 Å². The Morgan fingerprint density at radius 2 is 1.40 bits per heavy atom. The van der Waals surface area contributed by atoms with Crippen molar-refractivity contribution in [1.29, 1.82) is 0 Å². The molecule has 0 heterocycles. The topological polar surface area (TPSA) is 37.3 Å². The number of aliphatic hydroxyl groups excluding tert-OH is 1. The van der Waals surface area contributed by atoms with Gasteiger partial charge in [0.1, 0.15) is 0 Å². The Morgan fingerprint density at radius 3 is 2.04 bits per heavy atom. The summed E-state index contributed by atoms with van der Waals surface area (Å²) in [5, 5.41) is 11.0. The van der Waals surface area contributed by atoms with Gasteiger partial charge in [0.15, 0.2) is 0 Å². The van der Waals surface area contributed by atoms with Crippen LogP contribution in [0.2, 0.25) is 0 Å². The molecule has 0 saturated carbocycles. The molecule has 0 fully saturated rings. The molecule has 0 aromatic heterocycles. The SMILES string of the molecule is Cc1ccccc1[C@H](O)[C@@H](C(=O)Sc1ccccc1)c1ccccc1. The molecule has 3 rings (SSSR count). The van der Waals surface area contributed by atoms with Gasteiger partial charge in [-0.15, -0.1) is 0 Å². The number of hydrogen-bond acceptors (Lipinski definition) is 3. The third kappa shape index (κ3) is 4.19. The van der Waals surface area contributed by atoms with Gasteiger partial charge in [0.2, 0.25) is 5.12 Å². The Balaban J connectivity index is 1.95. The van der Waals surface area contributed by atoms with Crippen LogP contribution in [0, 0.1) is 6.92 Å². The van der Waals surface area contributed by atoms with E-state index in [4.69, 9.17) is 0 Å². The Morgan fingerprint density at radius 1 is 0.840 bits per heavy atom. The molecule has 0 amide bonds. The Kier molecular flexibility index (Phi) is 5.69. The van der Waals surface area contributed by atoms with Gasteiger partial charge in [-0.2, -0.15) is 0 Å². The molecule has 0 aliphatic rings. The first-order chi connectivity index (χ1) is 12.2. The second-order valence-corrected chi connectivity index (χ2v) is 7.00. The van der Waals surface area contributed by atoms with Crippen LogP contribution in [0.25, 0.3) is 0 Å². The van der Waals surface area contributed by atoms with Crippen LogP contribution < -0.4 is 0 Å². The van der Waals surface area contributed by atoms with Crippen molar-refractivity contribution in [2.24, 2.45) is 0 Å². The fourth-order valence-electron chi connectivity index (χ4n) is 2.87. The molecule has 126 valence electrons. The molecule has 1 N–H and O–H groups in total. The molecule has 0 aliphatic heterocycles. The Bertz CT molecular complexity index is 831. The number of rotatable bonds is 5. The highest BCUT2D eigenvalue weighted by Crippen LogP contribution is 2.38. The molecular formula is C22H20O2S. The van der Waals surface area contributed by atoms with E-state index in [-0.39, 0.29) is 5.12 Å². The molecular weight excluding hydrogens is 328 g/mol. The van der Waals surface area contributed by atoms with Gasteiger partial charge in [-0.25, -0.2) is 0 Å². The van der Waals surface area contributed by atoms with Gasteiger partial charge in [0, 0.05) is 4.90 Å². The van der Waals surface area contributed by atoms with Gasteiger partial charge in [0.25, 0.3) is 0 Å². The van der Waals surface area contributed by atoms with Crippen molar-refractivity contribution in [3.05, 3.63) is 102 Å². The lowest BCUT2D eigenvalue weighted by Gasteiger charge is -2.23. The van der Waals surface area contributed by atoms with E-state index in [1.54, 1.807) is 0 Å². The van der Waals surface area contributed by atoms with Crippen LogP contribution >= 0.6 is 11.8 Å². The zero-order valence-corrected chi connectivity index (χ0v) is 14.8. The fraction of sp³-hybridized carbons (Fsp3) is 0.136. The van der Waals surface area contributed by atoms with Gasteiger partial charge < -0.3 is 5.11 Å². The molecule has 3 heteroatoms. The smallest absolute Gasteiger partial charge is 0.204 e. The van der Waals surface area contributed by atoms with Crippen LogP contribution in [0.4, 0.5) is 0 Å². The molecule has 0 bridgehead atoms. The van der Waals surface area contributed by atoms with Crippen LogP contribution in [0.3, 0.4) is 0 Å². The summed E-state index contributed by atoms with van der Waals surface area (Å²) in [5.41, 5.74) is 2.60. The number of aryl methyl sites for hydroxylation is 1. The lowest BCUT2D eigenvalue weighted by atomic mass is 9.88. The molecule has 3 aromatic carbocycles. The molecule has 2 nitrogen and oxygen atoms in total. The van der Waals surface area contributed by atoms with Crippen molar-refractivity contribution in [2.45, 2.75) is 23.8 Å². The van der Waals surface area contributed by atoms with Crippen LogP contribution in [0.5, 0.6) is 0 Å². The number of carbonyl (C=O) groups is 1. The summed E-state index contributed by atoms with van der Waals surface area (Å²) >= 11 is 1.18. The zero-order valence-electron chi connectivity index (χ0n) is 14.0. The normalized spacial score (nSPS) is 13.2. The summed E-state index contributed by atoms with van der Waals surface area (Å²) in [6, 6.07) is 26.7. The minimum absolute atomic E-state index is 0.0619. The van der Waals surface area contributed by atoms with Crippen molar-refractivity contribution >= 4 is 16.9 Å². The maximum Gasteiger partial charge on any atom is 0.204 e. The highest BCUT2D eigenvalue weighted by Gasteiger charge is 2.31. The highest BCUT2D eigenvalue weighted by molar-refractivity contribution is 8.13. The molecule has 0 saturated heterocycles. The number of aliphatic hydroxyl groups is 1. The monoisotopic (exact) mass is 348 g/mol. The Labute approximate surface area is 152 Å². The minimum Gasteiger partial charge on any atom is -0.387 e. The van der Waals surface area contributed by atoms with Crippen LogP contribution in [0.15, 0.2) is 89.8 Å². The van der Waals surface area contributed by atoms with Crippen molar-refractivity contribution in [1.82, 2.24) is 0 Å². The summed E-state index contributed by atoms with van der Waals surface area (Å²) in [6.07, 6.45) is -0.882. The lowest BCUT2D eigenvalue weighted by molar-refractivity contribution is -0.114. The second-order valence-electron chi connectivity index (χ2n) is 5.92. The van der Waals surface area contributed by atoms with E-state index < -0.39 is 12.0 Å². The fourth-order valence-corrected chi connectivity index (χ4v) is 3.79. The predicted molar refractivity (Wildman–Crippen MR) is 103 cm³/mol. The maximum atomic E-state index is 13.0. The number of benzene rings is 3. The summed E-state index contributed by atoms with van der Waals surface area (Å²) in [5.74, 6) is -0.618. The number of thioether (sulfide) groups is 1. The molecule has 0 radical (unpaired) electrons. The van der Waals surface area contributed by atoms with Gasteiger partial charge in [-0.1, -0.05) is 84.6 Å². The summed E-state index contributed by atoms with van der Waals surface area (Å²) < 4.78 is 0. The van der Waals surface area contributed by atoms with Gasteiger partial charge in [0.05, 0.1) is 12.0 Å². The standard InChI is InChI=1S/C22H20O2S/c1-16-10-8-9-15-19(16)21(23)20(17-11-4-2-5-12-17)22(24)25-18-13-6-3-7-14-18/h2-15,20-21,23H,1H3/t20-,21-/m0/s1. The zero-order chi connectivity index (χ0) is 17.6. The van der Waals surface area contributed by atoms with E-state index in [0.717, 1.165) is 21.6 Å². The molecule has 2 atom stereocenters. The second kappa shape index (κ2) is 8.15. The summed E-state index contributed by atoms with van der Waals surface area (Å²) in [4.78, 5) is 13.9.